The highest BCUT2D eigenvalue weighted by Crippen LogP contribution is 2.42. The Balaban J connectivity index is 2.25. The number of rotatable bonds is 3. The van der Waals surface area contributed by atoms with Gasteiger partial charge in [0.05, 0.1) is 0 Å². The fourth-order valence-electron chi connectivity index (χ4n) is 4.21. The van der Waals surface area contributed by atoms with Crippen LogP contribution in [-0.4, -0.2) is 61.4 Å². The first-order valence-electron chi connectivity index (χ1n) is 7.55. The topological polar surface area (TPSA) is 45.2 Å². The van der Waals surface area contributed by atoms with Gasteiger partial charge in [-0.2, -0.15) is 5.06 Å². The zero-order valence-electron chi connectivity index (χ0n) is 13.8. The van der Waals surface area contributed by atoms with Crippen molar-refractivity contribution in [2.45, 2.75) is 70.1 Å². The molecule has 0 spiro atoms. The number of hydrogen-bond acceptors (Lipinski definition) is 5. The smallest absolute Gasteiger partial charge is 0.386 e. The van der Waals surface area contributed by atoms with Crippen molar-refractivity contribution in [3.05, 3.63) is 0 Å². The van der Waals surface area contributed by atoms with Crippen LogP contribution < -0.4 is 0 Å². The highest BCUT2D eigenvalue weighted by Gasteiger charge is 2.55. The Hall–Kier alpha value is 0.0169. The molecule has 0 aromatic heterocycles. The second kappa shape index (κ2) is 5.33. The van der Waals surface area contributed by atoms with Gasteiger partial charge >= 0.3 is 8.72 Å². The molecule has 2 saturated heterocycles. The van der Waals surface area contributed by atoms with Gasteiger partial charge in [0.2, 0.25) is 0 Å². The molecule has 6 heteroatoms. The highest BCUT2D eigenvalue weighted by atomic mass is 28.4. The molecular formula is C14H30N2O3Si. The van der Waals surface area contributed by atoms with Gasteiger partial charge in [-0.3, -0.25) is 4.57 Å². The molecule has 2 heterocycles. The first-order valence-corrected chi connectivity index (χ1v) is 9.52. The second-order valence-corrected chi connectivity index (χ2v) is 10.7. The van der Waals surface area contributed by atoms with Crippen molar-refractivity contribution in [2.24, 2.45) is 0 Å². The summed E-state index contributed by atoms with van der Waals surface area (Å²) in [6.45, 7) is 9.50. The minimum absolute atomic E-state index is 0.226. The lowest BCUT2D eigenvalue weighted by Crippen LogP contribution is -2.66. The van der Waals surface area contributed by atoms with E-state index in [1.54, 1.807) is 14.2 Å². The molecule has 0 aromatic rings. The molecular weight excluding hydrogens is 272 g/mol. The normalized spacial score (nSPS) is 30.8. The first kappa shape index (κ1) is 16.4. The third-order valence-corrected chi connectivity index (χ3v) is 8.75. The Morgan fingerprint density at radius 1 is 1.05 bits per heavy atom. The van der Waals surface area contributed by atoms with E-state index in [4.69, 9.17) is 8.85 Å². The summed E-state index contributed by atoms with van der Waals surface area (Å²) >= 11 is 0. The monoisotopic (exact) mass is 302 g/mol. The van der Waals surface area contributed by atoms with Gasteiger partial charge in [0.15, 0.2) is 0 Å². The summed E-state index contributed by atoms with van der Waals surface area (Å²) in [4.78, 5) is 0. The average Bonchev–Trinajstić information content (AvgIpc) is 2.79. The molecule has 0 unspecified atom stereocenters. The quantitative estimate of drug-likeness (QED) is 0.811. The van der Waals surface area contributed by atoms with Crippen molar-refractivity contribution in [1.82, 2.24) is 9.63 Å². The first-order chi connectivity index (χ1) is 9.18. The van der Waals surface area contributed by atoms with Crippen molar-refractivity contribution in [2.75, 3.05) is 20.8 Å². The molecule has 0 radical (unpaired) electrons. The molecule has 0 aromatic carbocycles. The zero-order chi connectivity index (χ0) is 15.2. The van der Waals surface area contributed by atoms with Crippen LogP contribution >= 0.6 is 0 Å². The van der Waals surface area contributed by atoms with E-state index >= 15 is 0 Å². The van der Waals surface area contributed by atoms with Crippen molar-refractivity contribution in [3.63, 3.8) is 0 Å². The van der Waals surface area contributed by atoms with Crippen molar-refractivity contribution >= 4 is 8.72 Å². The molecule has 0 aliphatic carbocycles. The van der Waals surface area contributed by atoms with Crippen molar-refractivity contribution in [3.8, 4) is 0 Å². The van der Waals surface area contributed by atoms with Gasteiger partial charge in [0.1, 0.15) is 0 Å². The fraction of sp³-hybridized carbons (Fsp3) is 1.00. The minimum Gasteiger partial charge on any atom is -0.386 e. The third-order valence-electron chi connectivity index (χ3n) is 5.03. The largest absolute Gasteiger partial charge is 0.427 e. The summed E-state index contributed by atoms with van der Waals surface area (Å²) in [5.41, 5.74) is -0.451. The Kier molecular flexibility index (Phi) is 4.37. The van der Waals surface area contributed by atoms with Crippen molar-refractivity contribution < 1.29 is 14.1 Å². The van der Waals surface area contributed by atoms with Gasteiger partial charge in [-0.05, 0) is 53.5 Å². The summed E-state index contributed by atoms with van der Waals surface area (Å²) in [6, 6.07) is 1.46. The van der Waals surface area contributed by atoms with Crippen LogP contribution in [0.4, 0.5) is 0 Å². The van der Waals surface area contributed by atoms with Crippen LogP contribution in [0.3, 0.4) is 0 Å². The van der Waals surface area contributed by atoms with Gasteiger partial charge in [0.25, 0.3) is 0 Å². The molecule has 20 heavy (non-hydrogen) atoms. The van der Waals surface area contributed by atoms with Gasteiger partial charge in [-0.1, -0.05) is 0 Å². The molecule has 118 valence electrons. The fourth-order valence-corrected chi connectivity index (χ4v) is 7.38. The minimum atomic E-state index is -2.21. The van der Waals surface area contributed by atoms with Crippen LogP contribution in [0.15, 0.2) is 0 Å². The zero-order valence-corrected chi connectivity index (χ0v) is 14.8. The molecule has 2 aliphatic heterocycles. The SMILES string of the molecule is CO[Si]1(OC)CCCN1C1CC(C)(C)N(O)C(C)(C)C1. The van der Waals surface area contributed by atoms with Gasteiger partial charge < -0.3 is 14.1 Å². The summed E-state index contributed by atoms with van der Waals surface area (Å²) in [5, 5.41) is 12.0. The molecule has 0 saturated carbocycles. The molecule has 5 nitrogen and oxygen atoms in total. The molecule has 1 N–H and O–H groups in total. The van der Waals surface area contributed by atoms with E-state index in [9.17, 15) is 5.21 Å². The standard InChI is InChI=1S/C14H30N2O3Si/c1-13(2)10-12(11-14(3,4)16(13)17)15-8-7-9-20(15,18-5)19-6/h12,17H,7-11H2,1-6H3. The van der Waals surface area contributed by atoms with Crippen LogP contribution in [0.1, 0.15) is 47.0 Å². The van der Waals surface area contributed by atoms with E-state index in [1.165, 1.54) is 5.06 Å². The lowest BCUT2D eigenvalue weighted by Gasteiger charge is -2.54. The second-order valence-electron chi connectivity index (χ2n) is 7.42. The van der Waals surface area contributed by atoms with E-state index in [0.29, 0.717) is 6.04 Å². The number of hydroxylamine groups is 2. The van der Waals surface area contributed by atoms with Crippen LogP contribution in [0, 0.1) is 0 Å². The Bertz CT molecular complexity index is 340. The molecule has 0 bridgehead atoms. The molecule has 2 aliphatic rings. The van der Waals surface area contributed by atoms with E-state index in [0.717, 1.165) is 31.9 Å². The lowest BCUT2D eigenvalue weighted by molar-refractivity contribution is -0.250. The summed E-state index contributed by atoms with van der Waals surface area (Å²) in [5.74, 6) is 0. The lowest BCUT2D eigenvalue weighted by atomic mass is 9.79. The molecule has 2 fully saturated rings. The van der Waals surface area contributed by atoms with E-state index in [1.807, 2.05) is 0 Å². The number of hydrogen-bond donors (Lipinski definition) is 1. The third kappa shape index (κ3) is 2.57. The van der Waals surface area contributed by atoms with Crippen molar-refractivity contribution in [1.29, 1.82) is 0 Å². The maximum Gasteiger partial charge on any atom is 0.427 e. The average molecular weight is 302 g/mol. The molecule has 2 rings (SSSR count). The summed E-state index contributed by atoms with van der Waals surface area (Å²) in [6.07, 6.45) is 3.02. The Morgan fingerprint density at radius 2 is 1.55 bits per heavy atom. The maximum atomic E-state index is 10.4. The van der Waals surface area contributed by atoms with Crippen LogP contribution in [0.25, 0.3) is 0 Å². The van der Waals surface area contributed by atoms with Gasteiger partial charge in [0, 0.05) is 37.4 Å². The molecule has 0 atom stereocenters. The van der Waals surface area contributed by atoms with Gasteiger partial charge in [-0.15, -0.1) is 0 Å². The Labute approximate surface area is 124 Å². The van der Waals surface area contributed by atoms with E-state index in [2.05, 4.69) is 32.3 Å². The predicted octanol–water partition coefficient (Wildman–Crippen LogP) is 2.33. The van der Waals surface area contributed by atoms with Gasteiger partial charge in [-0.25, -0.2) is 0 Å². The van der Waals surface area contributed by atoms with Crippen LogP contribution in [0.5, 0.6) is 0 Å². The molecule has 0 amide bonds. The number of nitrogens with zero attached hydrogens (tertiary/aromatic N) is 2. The van der Waals surface area contributed by atoms with Crippen LogP contribution in [0.2, 0.25) is 6.04 Å². The van der Waals surface area contributed by atoms with E-state index in [-0.39, 0.29) is 11.1 Å². The maximum absolute atomic E-state index is 10.4. The predicted molar refractivity (Wildman–Crippen MR) is 80.7 cm³/mol. The highest BCUT2D eigenvalue weighted by molar-refractivity contribution is 6.65. The summed E-state index contributed by atoms with van der Waals surface area (Å²) in [7, 11) is 1.36. The summed E-state index contributed by atoms with van der Waals surface area (Å²) < 4.78 is 14.2. The Morgan fingerprint density at radius 3 is 2.00 bits per heavy atom. The number of piperidine rings is 1. The van der Waals surface area contributed by atoms with Crippen LogP contribution in [-0.2, 0) is 8.85 Å². The van der Waals surface area contributed by atoms with E-state index < -0.39 is 8.72 Å².